The van der Waals surface area contributed by atoms with Gasteiger partial charge in [0, 0.05) is 13.7 Å². The minimum absolute atomic E-state index is 0.0834. The fraction of sp³-hybridized carbons (Fsp3) is 0.444. The van der Waals surface area contributed by atoms with E-state index in [-0.39, 0.29) is 41.0 Å². The van der Waals surface area contributed by atoms with Crippen molar-refractivity contribution in [2.75, 3.05) is 19.0 Å². The van der Waals surface area contributed by atoms with Crippen LogP contribution in [0.4, 0.5) is 5.69 Å². The summed E-state index contributed by atoms with van der Waals surface area (Å²) in [6, 6.07) is 0. The zero-order valence-electron chi connectivity index (χ0n) is 9.11. The maximum atomic E-state index is 11.6. The van der Waals surface area contributed by atoms with Gasteiger partial charge in [0.2, 0.25) is 5.91 Å². The number of hydrogen-bond donors (Lipinski definition) is 2. The molecule has 0 spiro atoms. The lowest BCUT2D eigenvalue weighted by Crippen LogP contribution is -2.28. The summed E-state index contributed by atoms with van der Waals surface area (Å²) in [7, 11) is 1.48. The van der Waals surface area contributed by atoms with Gasteiger partial charge in [0.15, 0.2) is 10.3 Å². The van der Waals surface area contributed by atoms with Crippen LogP contribution in [0, 0.1) is 0 Å². The van der Waals surface area contributed by atoms with E-state index in [1.807, 2.05) is 0 Å². The molecule has 0 aliphatic heterocycles. The van der Waals surface area contributed by atoms with Gasteiger partial charge in [-0.25, -0.2) is 9.97 Å². The molecule has 0 fully saturated rings. The number of hydrogen-bond acceptors (Lipinski definition) is 5. The van der Waals surface area contributed by atoms with Gasteiger partial charge in [0.05, 0.1) is 12.5 Å². The van der Waals surface area contributed by atoms with Crippen molar-refractivity contribution in [3.05, 3.63) is 16.6 Å². The summed E-state index contributed by atoms with van der Waals surface area (Å²) < 4.78 is 4.99. The van der Waals surface area contributed by atoms with Crippen LogP contribution < -0.4 is 11.1 Å². The molecule has 6 nitrogen and oxygen atoms in total. The summed E-state index contributed by atoms with van der Waals surface area (Å²) in [5, 5.41) is 2.68. The van der Waals surface area contributed by atoms with Gasteiger partial charge in [-0.2, -0.15) is 0 Å². The molecule has 1 aromatic rings. The monoisotopic (exact) mass is 278 g/mol. The molecule has 0 bridgehead atoms. The van der Waals surface area contributed by atoms with E-state index in [2.05, 4.69) is 15.3 Å². The van der Waals surface area contributed by atoms with Crippen molar-refractivity contribution in [1.82, 2.24) is 9.97 Å². The molecule has 1 rings (SSSR count). The number of nitrogens with one attached hydrogen (secondary N) is 1. The first-order chi connectivity index (χ1) is 8.08. The van der Waals surface area contributed by atoms with Crippen LogP contribution in [0.2, 0.25) is 10.3 Å². The number of ether oxygens (including phenoxy) is 1. The molecule has 0 aliphatic carbocycles. The Kier molecular flexibility index (Phi) is 5.57. The van der Waals surface area contributed by atoms with Crippen LogP contribution in [-0.2, 0) is 9.53 Å². The molecular formula is C9H12Cl2N4O2. The van der Waals surface area contributed by atoms with Crippen LogP contribution in [0.1, 0.15) is 6.42 Å². The number of halogens is 2. The summed E-state index contributed by atoms with van der Waals surface area (Å²) in [6.45, 7) is 0.247. The number of methoxy groups -OCH3 is 1. The van der Waals surface area contributed by atoms with E-state index >= 15 is 0 Å². The molecule has 0 aromatic carbocycles. The summed E-state index contributed by atoms with van der Waals surface area (Å²) in [5.74, 6) is -0.319. The molecule has 1 atom stereocenters. The Morgan fingerprint density at radius 3 is 2.59 bits per heavy atom. The fourth-order valence-corrected chi connectivity index (χ4v) is 1.52. The quantitative estimate of drug-likeness (QED) is 0.787. The molecule has 1 heterocycles. The van der Waals surface area contributed by atoms with E-state index in [0.29, 0.717) is 0 Å². The van der Waals surface area contributed by atoms with Crippen LogP contribution in [0.3, 0.4) is 0 Å². The zero-order chi connectivity index (χ0) is 12.8. The summed E-state index contributed by atoms with van der Waals surface area (Å²) in [6.07, 6.45) is 0.962. The first kappa shape index (κ1) is 14.1. The number of rotatable bonds is 5. The van der Waals surface area contributed by atoms with Gasteiger partial charge in [-0.05, 0) is 0 Å². The van der Waals surface area contributed by atoms with Gasteiger partial charge in [0.1, 0.15) is 12.0 Å². The molecule has 0 saturated carbocycles. The third-order valence-electron chi connectivity index (χ3n) is 2.03. The van der Waals surface area contributed by atoms with Crippen molar-refractivity contribution in [3.63, 3.8) is 0 Å². The van der Waals surface area contributed by atoms with Gasteiger partial charge in [0.25, 0.3) is 0 Å². The Morgan fingerprint density at radius 1 is 1.53 bits per heavy atom. The Labute approximate surface area is 108 Å². The Bertz CT molecular complexity index is 378. The predicted octanol–water partition coefficient (Wildman–Crippen LogP) is 1.09. The lowest BCUT2D eigenvalue weighted by molar-refractivity contribution is -0.118. The number of nitrogens with two attached hydrogens (primary N) is 1. The molecule has 1 amide bonds. The molecule has 0 radical (unpaired) electrons. The van der Waals surface area contributed by atoms with E-state index in [1.165, 1.54) is 13.4 Å². The molecule has 94 valence electrons. The van der Waals surface area contributed by atoms with E-state index in [1.54, 1.807) is 0 Å². The SMILES string of the molecule is COC(CN)CC(=O)Nc1c(Cl)ncnc1Cl. The van der Waals surface area contributed by atoms with Crippen LogP contribution in [0.25, 0.3) is 0 Å². The first-order valence-corrected chi connectivity index (χ1v) is 5.52. The maximum Gasteiger partial charge on any atom is 0.227 e. The van der Waals surface area contributed by atoms with Crippen molar-refractivity contribution in [2.24, 2.45) is 5.73 Å². The lowest BCUT2D eigenvalue weighted by Gasteiger charge is -2.13. The highest BCUT2D eigenvalue weighted by Crippen LogP contribution is 2.25. The lowest BCUT2D eigenvalue weighted by atomic mass is 10.2. The van der Waals surface area contributed by atoms with Gasteiger partial charge in [-0.1, -0.05) is 23.2 Å². The van der Waals surface area contributed by atoms with Crippen LogP contribution >= 0.6 is 23.2 Å². The van der Waals surface area contributed by atoms with Crippen molar-refractivity contribution in [3.8, 4) is 0 Å². The third kappa shape index (κ3) is 4.08. The molecule has 8 heteroatoms. The van der Waals surface area contributed by atoms with Gasteiger partial charge in [-0.15, -0.1) is 0 Å². The van der Waals surface area contributed by atoms with Crippen molar-refractivity contribution in [1.29, 1.82) is 0 Å². The largest absolute Gasteiger partial charge is 0.380 e. The molecule has 17 heavy (non-hydrogen) atoms. The van der Waals surface area contributed by atoms with E-state index in [4.69, 9.17) is 33.7 Å². The number of nitrogens with zero attached hydrogens (tertiary/aromatic N) is 2. The fourth-order valence-electron chi connectivity index (χ4n) is 1.11. The standard InChI is InChI=1S/C9H12Cl2N4O2/c1-17-5(3-12)2-6(16)15-7-8(10)13-4-14-9(7)11/h4-5H,2-3,12H2,1H3,(H,15,16). The molecular weight excluding hydrogens is 267 g/mol. The zero-order valence-corrected chi connectivity index (χ0v) is 10.6. The number of anilines is 1. The third-order valence-corrected chi connectivity index (χ3v) is 2.60. The number of amides is 1. The molecule has 3 N–H and O–H groups in total. The molecule has 1 unspecified atom stereocenters. The summed E-state index contributed by atoms with van der Waals surface area (Å²) in [4.78, 5) is 19.0. The number of carbonyl (C=O) groups is 1. The summed E-state index contributed by atoms with van der Waals surface area (Å²) in [5.41, 5.74) is 5.59. The van der Waals surface area contributed by atoms with Gasteiger partial charge >= 0.3 is 0 Å². The van der Waals surface area contributed by atoms with E-state index in [9.17, 15) is 4.79 Å². The first-order valence-electron chi connectivity index (χ1n) is 4.77. The van der Waals surface area contributed by atoms with Gasteiger partial charge in [-0.3, -0.25) is 4.79 Å². The van der Waals surface area contributed by atoms with Crippen LogP contribution in [0.5, 0.6) is 0 Å². The van der Waals surface area contributed by atoms with Crippen molar-refractivity contribution >= 4 is 34.8 Å². The van der Waals surface area contributed by atoms with E-state index in [0.717, 1.165) is 0 Å². The van der Waals surface area contributed by atoms with Crippen LogP contribution in [-0.4, -0.2) is 35.6 Å². The minimum Gasteiger partial charge on any atom is -0.380 e. The number of carbonyl (C=O) groups excluding carboxylic acids is 1. The molecule has 1 aromatic heterocycles. The second-order valence-electron chi connectivity index (χ2n) is 3.18. The van der Waals surface area contributed by atoms with Crippen molar-refractivity contribution in [2.45, 2.75) is 12.5 Å². The minimum atomic E-state index is -0.350. The molecule has 0 aliphatic rings. The average Bonchev–Trinajstić information content (AvgIpc) is 2.31. The second-order valence-corrected chi connectivity index (χ2v) is 3.89. The van der Waals surface area contributed by atoms with Crippen LogP contribution in [0.15, 0.2) is 6.33 Å². The Balaban J connectivity index is 2.68. The van der Waals surface area contributed by atoms with Gasteiger partial charge < -0.3 is 15.8 Å². The summed E-state index contributed by atoms with van der Waals surface area (Å²) >= 11 is 11.5. The second kappa shape index (κ2) is 6.70. The predicted molar refractivity (Wildman–Crippen MR) is 65.2 cm³/mol. The number of aromatic nitrogens is 2. The Morgan fingerprint density at radius 2 is 2.12 bits per heavy atom. The highest BCUT2D eigenvalue weighted by Gasteiger charge is 2.15. The Hall–Kier alpha value is -0.950. The van der Waals surface area contributed by atoms with E-state index < -0.39 is 0 Å². The highest BCUT2D eigenvalue weighted by atomic mass is 35.5. The normalized spacial score (nSPS) is 12.2. The maximum absolute atomic E-state index is 11.6. The smallest absolute Gasteiger partial charge is 0.227 e. The molecule has 0 saturated heterocycles. The highest BCUT2D eigenvalue weighted by molar-refractivity contribution is 6.38. The average molecular weight is 279 g/mol. The van der Waals surface area contributed by atoms with Crippen molar-refractivity contribution < 1.29 is 9.53 Å². The topological polar surface area (TPSA) is 90.1 Å².